The van der Waals surface area contributed by atoms with Crippen molar-refractivity contribution in [3.63, 3.8) is 0 Å². The van der Waals surface area contributed by atoms with Crippen LogP contribution in [0.5, 0.6) is 11.5 Å². The number of hydrogen-bond donors (Lipinski definition) is 4. The SMILES string of the molecule is Cc1cc(S(=O)(=O)NC(=O)c2ccc(N3CCN(CC4=C(c5ccc(Cl)cc5)CC(C)(C)CC4)CC3)cc2Oc2cnc3[nH]ccc3c2)ccc1N[C@H]1CCCNC1=O. The van der Waals surface area contributed by atoms with Gasteiger partial charge in [-0.1, -0.05) is 43.2 Å². The van der Waals surface area contributed by atoms with Gasteiger partial charge >= 0.3 is 0 Å². The number of aromatic amines is 1. The molecule has 0 bridgehead atoms. The third kappa shape index (κ3) is 9.27. The molecular formula is C45H50ClN7O5S. The molecule has 2 amide bonds. The van der Waals surface area contributed by atoms with Crippen molar-refractivity contribution in [2.24, 2.45) is 5.41 Å². The van der Waals surface area contributed by atoms with E-state index in [0.29, 0.717) is 35.6 Å². The van der Waals surface area contributed by atoms with Crippen LogP contribution in [0.3, 0.4) is 0 Å². The summed E-state index contributed by atoms with van der Waals surface area (Å²) < 4.78 is 35.9. The van der Waals surface area contributed by atoms with Crippen LogP contribution in [-0.2, 0) is 14.8 Å². The monoisotopic (exact) mass is 835 g/mol. The fraction of sp³-hybridized carbons (Fsp3) is 0.356. The van der Waals surface area contributed by atoms with Crippen molar-refractivity contribution in [2.75, 3.05) is 49.5 Å². The van der Waals surface area contributed by atoms with Crippen molar-refractivity contribution in [3.05, 3.63) is 112 Å². The first-order chi connectivity index (χ1) is 28.3. The second kappa shape index (κ2) is 16.7. The lowest BCUT2D eigenvalue weighted by Gasteiger charge is -2.39. The number of hydrogen-bond acceptors (Lipinski definition) is 9. The van der Waals surface area contributed by atoms with E-state index >= 15 is 0 Å². The van der Waals surface area contributed by atoms with Crippen LogP contribution in [0.4, 0.5) is 11.4 Å². The summed E-state index contributed by atoms with van der Waals surface area (Å²) in [5.41, 5.74) is 7.30. The molecular weight excluding hydrogens is 786 g/mol. The molecule has 0 saturated carbocycles. The molecule has 0 unspecified atom stereocenters. The first kappa shape index (κ1) is 40.4. The van der Waals surface area contributed by atoms with E-state index < -0.39 is 22.0 Å². The first-order valence-electron chi connectivity index (χ1n) is 20.2. The fourth-order valence-corrected chi connectivity index (χ4v) is 9.46. The van der Waals surface area contributed by atoms with Crippen LogP contribution < -0.4 is 25.0 Å². The van der Waals surface area contributed by atoms with Gasteiger partial charge in [0, 0.05) is 73.3 Å². The van der Waals surface area contributed by atoms with E-state index in [0.717, 1.165) is 74.5 Å². The minimum Gasteiger partial charge on any atom is -0.455 e. The summed E-state index contributed by atoms with van der Waals surface area (Å²) in [7, 11) is -4.29. The summed E-state index contributed by atoms with van der Waals surface area (Å²) >= 11 is 6.24. The van der Waals surface area contributed by atoms with Gasteiger partial charge in [-0.15, -0.1) is 0 Å². The third-order valence-electron chi connectivity index (χ3n) is 11.7. The number of allylic oxidation sites excluding steroid dienone is 1. The number of amides is 2. The number of fused-ring (bicyclic) bond motifs is 1. The Labute approximate surface area is 350 Å². The zero-order valence-corrected chi connectivity index (χ0v) is 35.2. The van der Waals surface area contributed by atoms with Gasteiger partial charge in [0.05, 0.1) is 16.7 Å². The number of nitrogens with zero attached hydrogens (tertiary/aromatic N) is 3. The van der Waals surface area contributed by atoms with Gasteiger partial charge in [-0.05, 0) is 116 Å². The summed E-state index contributed by atoms with van der Waals surface area (Å²) in [5.74, 6) is -0.304. The molecule has 12 nitrogen and oxygen atoms in total. The normalized spacial score (nSPS) is 18.7. The number of carbonyl (C=O) groups excluding carboxylic acids is 2. The Bertz CT molecular complexity index is 2530. The number of piperidine rings is 1. The van der Waals surface area contributed by atoms with Crippen LogP contribution in [0.1, 0.15) is 67.4 Å². The number of ether oxygens (including phenoxy) is 1. The van der Waals surface area contributed by atoms with Crippen molar-refractivity contribution < 1.29 is 22.7 Å². The lowest BCUT2D eigenvalue weighted by molar-refractivity contribution is -0.123. The number of pyridine rings is 1. The van der Waals surface area contributed by atoms with Crippen molar-refractivity contribution in [1.82, 2.24) is 24.9 Å². The van der Waals surface area contributed by atoms with Crippen LogP contribution in [-0.4, -0.2) is 80.4 Å². The highest BCUT2D eigenvalue weighted by Crippen LogP contribution is 2.43. The van der Waals surface area contributed by atoms with Crippen LogP contribution in [0, 0.1) is 12.3 Å². The van der Waals surface area contributed by atoms with Gasteiger partial charge in [-0.3, -0.25) is 14.5 Å². The Hall–Kier alpha value is -5.37. The Morgan fingerprint density at radius 1 is 1.02 bits per heavy atom. The number of sulfonamides is 1. The van der Waals surface area contributed by atoms with Gasteiger partial charge < -0.3 is 25.3 Å². The number of halogens is 1. The molecule has 14 heteroatoms. The molecule has 3 aromatic carbocycles. The lowest BCUT2D eigenvalue weighted by Crippen LogP contribution is -2.47. The van der Waals surface area contributed by atoms with Gasteiger partial charge in [0.2, 0.25) is 5.91 Å². The van der Waals surface area contributed by atoms with Crippen LogP contribution in [0.2, 0.25) is 5.02 Å². The van der Waals surface area contributed by atoms with E-state index in [1.807, 2.05) is 30.3 Å². The van der Waals surface area contributed by atoms with Gasteiger partial charge in [0.1, 0.15) is 23.2 Å². The topological polar surface area (TPSA) is 149 Å². The maximum atomic E-state index is 13.9. The van der Waals surface area contributed by atoms with Gasteiger partial charge in [-0.2, -0.15) is 0 Å². The van der Waals surface area contributed by atoms with Gasteiger partial charge in [0.25, 0.3) is 15.9 Å². The second-order valence-electron chi connectivity index (χ2n) is 16.6. The average Bonchev–Trinajstić information content (AvgIpc) is 3.69. The molecule has 1 atom stereocenters. The Balaban J connectivity index is 0.999. The Morgan fingerprint density at radius 2 is 1.81 bits per heavy atom. The minimum atomic E-state index is -4.29. The number of rotatable bonds is 11. The molecule has 3 aliphatic rings. The number of nitrogens with one attached hydrogen (secondary N) is 4. The number of H-pyrrole nitrogens is 1. The first-order valence-corrected chi connectivity index (χ1v) is 22.1. The lowest BCUT2D eigenvalue weighted by atomic mass is 9.72. The summed E-state index contributed by atoms with van der Waals surface area (Å²) in [6.07, 6.45) is 8.14. The molecule has 4 N–H and O–H groups in total. The fourth-order valence-electron chi connectivity index (χ4n) is 8.28. The number of aryl methyl sites for hydroxylation is 1. The molecule has 0 spiro atoms. The summed E-state index contributed by atoms with van der Waals surface area (Å²) in [6.45, 7) is 11.2. The predicted octanol–water partition coefficient (Wildman–Crippen LogP) is 7.91. The second-order valence-corrected chi connectivity index (χ2v) is 18.7. The molecule has 2 saturated heterocycles. The smallest absolute Gasteiger partial charge is 0.268 e. The summed E-state index contributed by atoms with van der Waals surface area (Å²) in [5, 5.41) is 7.64. The molecule has 2 fully saturated rings. The maximum absolute atomic E-state index is 13.9. The number of anilines is 2. The van der Waals surface area contributed by atoms with E-state index in [9.17, 15) is 18.0 Å². The van der Waals surface area contributed by atoms with E-state index in [-0.39, 0.29) is 27.5 Å². The summed E-state index contributed by atoms with van der Waals surface area (Å²) in [6, 6.07) is 21.3. The molecule has 0 radical (unpaired) electrons. The molecule has 2 aromatic heterocycles. The highest BCUT2D eigenvalue weighted by molar-refractivity contribution is 7.90. The minimum absolute atomic E-state index is 0.0605. The number of piperazine rings is 1. The van der Waals surface area contributed by atoms with E-state index in [1.54, 1.807) is 37.5 Å². The molecule has 5 aromatic rings. The van der Waals surface area contributed by atoms with Crippen molar-refractivity contribution in [1.29, 1.82) is 0 Å². The van der Waals surface area contributed by atoms with E-state index in [2.05, 4.69) is 61.1 Å². The molecule has 8 rings (SSSR count). The Morgan fingerprint density at radius 3 is 2.58 bits per heavy atom. The number of benzene rings is 3. The van der Waals surface area contributed by atoms with Crippen LogP contribution >= 0.6 is 11.6 Å². The molecule has 308 valence electrons. The highest BCUT2D eigenvalue weighted by Gasteiger charge is 2.30. The van der Waals surface area contributed by atoms with Gasteiger partial charge in [0.15, 0.2) is 0 Å². The van der Waals surface area contributed by atoms with Crippen LogP contribution in [0.25, 0.3) is 16.6 Å². The quantitative estimate of drug-likeness (QED) is 0.104. The zero-order valence-electron chi connectivity index (χ0n) is 33.6. The van der Waals surface area contributed by atoms with Crippen LogP contribution in [0.15, 0.2) is 95.7 Å². The standard InChI is InChI=1S/C45H50ClN7O5S/c1-29-23-36(11-13-39(29)50-40-5-4-17-48-44(40)55)59(56,57)51-43(54)37-12-10-34(25-41(37)58-35-24-31-15-18-47-42(31)49-27-35)53-21-19-52(20-22-53)28-32-14-16-45(2,3)26-38(32)30-6-8-33(46)9-7-30/h6-13,15,18,23-25,27,40,50H,4-5,14,16-17,19-22,26,28H2,1-3H3,(H,47,49)(H,48,55)(H,51,54)/t40-/m0/s1. The van der Waals surface area contributed by atoms with E-state index in [4.69, 9.17) is 16.3 Å². The van der Waals surface area contributed by atoms with Crippen molar-refractivity contribution in [3.8, 4) is 11.5 Å². The van der Waals surface area contributed by atoms with Crippen molar-refractivity contribution in [2.45, 2.75) is 63.8 Å². The molecule has 4 heterocycles. The highest BCUT2D eigenvalue weighted by atomic mass is 35.5. The molecule has 59 heavy (non-hydrogen) atoms. The van der Waals surface area contributed by atoms with E-state index in [1.165, 1.54) is 28.8 Å². The van der Waals surface area contributed by atoms with Crippen molar-refractivity contribution >= 4 is 61.4 Å². The summed E-state index contributed by atoms with van der Waals surface area (Å²) in [4.78, 5) is 38.4. The molecule has 2 aliphatic heterocycles. The Kier molecular flexibility index (Phi) is 11.4. The third-order valence-corrected chi connectivity index (χ3v) is 13.3. The maximum Gasteiger partial charge on any atom is 0.268 e. The zero-order chi connectivity index (χ0) is 41.3. The predicted molar refractivity (Wildman–Crippen MR) is 233 cm³/mol. The van der Waals surface area contributed by atoms with Gasteiger partial charge in [-0.25, -0.2) is 18.1 Å². The average molecular weight is 836 g/mol. The molecule has 1 aliphatic carbocycles. The number of aromatic nitrogens is 2. The largest absolute Gasteiger partial charge is 0.455 e. The number of carbonyl (C=O) groups is 2.